The first kappa shape index (κ1) is 14.8. The van der Waals surface area contributed by atoms with Crippen LogP contribution in [0.4, 0.5) is 5.69 Å². The minimum atomic E-state index is -3.77. The smallest absolute Gasteiger partial charge is 0.238 e. The summed E-state index contributed by atoms with van der Waals surface area (Å²) < 4.78 is 28.1. The molecule has 116 valence electrons. The molecule has 1 aromatic heterocycles. The average molecular weight is 320 g/mol. The number of furan rings is 1. The molecule has 3 rings (SSSR count). The number of carbonyl (C=O) groups is 1. The van der Waals surface area contributed by atoms with E-state index in [1.54, 1.807) is 23.3 Å². The lowest BCUT2D eigenvalue weighted by atomic mass is 10.2. The molecule has 0 saturated carbocycles. The van der Waals surface area contributed by atoms with Gasteiger partial charge in [0.2, 0.25) is 15.9 Å². The van der Waals surface area contributed by atoms with Crippen molar-refractivity contribution in [2.75, 3.05) is 11.4 Å². The van der Waals surface area contributed by atoms with Gasteiger partial charge in [-0.05, 0) is 36.2 Å². The molecule has 7 heteroatoms. The van der Waals surface area contributed by atoms with Crippen molar-refractivity contribution in [3.05, 3.63) is 47.9 Å². The van der Waals surface area contributed by atoms with Gasteiger partial charge in [-0.25, -0.2) is 13.6 Å². The maximum atomic E-state index is 12.4. The predicted octanol–water partition coefficient (Wildman–Crippen LogP) is 1.45. The number of anilines is 1. The van der Waals surface area contributed by atoms with E-state index in [9.17, 15) is 13.2 Å². The third-order valence-corrected chi connectivity index (χ3v) is 4.66. The number of hydrogen-bond acceptors (Lipinski definition) is 4. The van der Waals surface area contributed by atoms with Crippen LogP contribution in [0, 0.1) is 0 Å². The lowest BCUT2D eigenvalue weighted by molar-refractivity contribution is -0.118. The molecule has 0 saturated heterocycles. The van der Waals surface area contributed by atoms with Crippen LogP contribution in [0.1, 0.15) is 17.7 Å². The Balaban J connectivity index is 1.79. The maximum Gasteiger partial charge on any atom is 0.238 e. The van der Waals surface area contributed by atoms with Crippen molar-refractivity contribution in [1.82, 2.24) is 0 Å². The highest BCUT2D eigenvalue weighted by molar-refractivity contribution is 7.89. The van der Waals surface area contributed by atoms with E-state index < -0.39 is 10.0 Å². The Labute approximate surface area is 128 Å². The van der Waals surface area contributed by atoms with Gasteiger partial charge in [0.05, 0.1) is 11.2 Å². The second-order valence-electron chi connectivity index (χ2n) is 5.21. The summed E-state index contributed by atoms with van der Waals surface area (Å²) in [5.74, 6) is 0.702. The Morgan fingerprint density at radius 3 is 2.82 bits per heavy atom. The van der Waals surface area contributed by atoms with Crippen LogP contribution in [0.15, 0.2) is 45.9 Å². The van der Waals surface area contributed by atoms with E-state index in [0.29, 0.717) is 31.5 Å². The van der Waals surface area contributed by atoms with Gasteiger partial charge in [-0.2, -0.15) is 0 Å². The number of aryl methyl sites for hydroxylation is 1. The summed E-state index contributed by atoms with van der Waals surface area (Å²) in [5, 5.41) is 5.15. The number of amides is 1. The molecular weight excluding hydrogens is 304 g/mol. The standard InChI is InChI=1S/C15H16N2O4S/c16-22(19,20)13-5-3-11-7-8-17(14(11)10-13)15(18)6-4-12-2-1-9-21-12/h1-3,5,9-10H,4,6-8H2,(H2,16,19,20). The average Bonchev–Trinajstić information content (AvgIpc) is 3.12. The van der Waals surface area contributed by atoms with Crippen LogP contribution in [-0.4, -0.2) is 20.9 Å². The van der Waals surface area contributed by atoms with Crippen molar-refractivity contribution >= 4 is 21.6 Å². The molecule has 0 aliphatic carbocycles. The number of nitrogens with zero attached hydrogens (tertiary/aromatic N) is 1. The van der Waals surface area contributed by atoms with E-state index in [0.717, 1.165) is 11.3 Å². The quantitative estimate of drug-likeness (QED) is 0.922. The van der Waals surface area contributed by atoms with Gasteiger partial charge in [-0.15, -0.1) is 0 Å². The van der Waals surface area contributed by atoms with E-state index in [4.69, 9.17) is 9.56 Å². The second-order valence-corrected chi connectivity index (χ2v) is 6.77. The number of sulfonamides is 1. The van der Waals surface area contributed by atoms with Crippen molar-refractivity contribution < 1.29 is 17.6 Å². The van der Waals surface area contributed by atoms with Gasteiger partial charge in [0.15, 0.2) is 0 Å². The van der Waals surface area contributed by atoms with Crippen molar-refractivity contribution in [2.24, 2.45) is 5.14 Å². The Bertz CT molecular complexity index is 797. The lowest BCUT2D eigenvalue weighted by Crippen LogP contribution is -2.29. The molecule has 2 heterocycles. The fourth-order valence-corrected chi connectivity index (χ4v) is 3.15. The highest BCUT2D eigenvalue weighted by Gasteiger charge is 2.26. The van der Waals surface area contributed by atoms with Crippen LogP contribution in [0.25, 0.3) is 0 Å². The first-order valence-corrected chi connectivity index (χ1v) is 8.48. The summed E-state index contributed by atoms with van der Waals surface area (Å²) in [5.41, 5.74) is 1.59. The zero-order valence-corrected chi connectivity index (χ0v) is 12.7. The van der Waals surface area contributed by atoms with E-state index in [1.165, 1.54) is 12.1 Å². The summed E-state index contributed by atoms with van der Waals surface area (Å²) in [6.45, 7) is 0.556. The minimum Gasteiger partial charge on any atom is -0.469 e. The molecular formula is C15H16N2O4S. The zero-order valence-electron chi connectivity index (χ0n) is 11.9. The maximum absolute atomic E-state index is 12.4. The molecule has 1 aromatic carbocycles. The molecule has 0 unspecified atom stereocenters. The molecule has 0 radical (unpaired) electrons. The molecule has 6 nitrogen and oxygen atoms in total. The molecule has 1 amide bonds. The molecule has 2 aromatic rings. The number of fused-ring (bicyclic) bond motifs is 1. The molecule has 22 heavy (non-hydrogen) atoms. The molecule has 0 atom stereocenters. The Morgan fingerprint density at radius 2 is 2.14 bits per heavy atom. The van der Waals surface area contributed by atoms with E-state index >= 15 is 0 Å². The summed E-state index contributed by atoms with van der Waals surface area (Å²) in [7, 11) is -3.77. The van der Waals surface area contributed by atoms with E-state index in [2.05, 4.69) is 0 Å². The van der Waals surface area contributed by atoms with Crippen molar-refractivity contribution in [3.8, 4) is 0 Å². The number of carbonyl (C=O) groups excluding carboxylic acids is 1. The largest absolute Gasteiger partial charge is 0.469 e. The van der Waals surface area contributed by atoms with Crippen molar-refractivity contribution in [3.63, 3.8) is 0 Å². The Hall–Kier alpha value is -2.12. The Morgan fingerprint density at radius 1 is 1.32 bits per heavy atom. The number of nitrogens with two attached hydrogens (primary N) is 1. The summed E-state index contributed by atoms with van der Waals surface area (Å²) >= 11 is 0. The topological polar surface area (TPSA) is 93.6 Å². The van der Waals surface area contributed by atoms with Crippen LogP contribution < -0.4 is 10.0 Å². The number of benzene rings is 1. The molecule has 1 aliphatic heterocycles. The van der Waals surface area contributed by atoms with Gasteiger partial charge in [0.1, 0.15) is 5.76 Å². The second kappa shape index (κ2) is 5.58. The van der Waals surface area contributed by atoms with Crippen LogP contribution >= 0.6 is 0 Å². The van der Waals surface area contributed by atoms with Gasteiger partial charge in [-0.3, -0.25) is 4.79 Å². The van der Waals surface area contributed by atoms with Crippen LogP contribution in [0.3, 0.4) is 0 Å². The zero-order chi connectivity index (χ0) is 15.7. The first-order valence-electron chi connectivity index (χ1n) is 6.93. The SMILES string of the molecule is NS(=O)(=O)c1ccc2c(c1)N(C(=O)CCc1ccco1)CC2. The molecule has 0 fully saturated rings. The summed E-state index contributed by atoms with van der Waals surface area (Å²) in [4.78, 5) is 14.0. The highest BCUT2D eigenvalue weighted by atomic mass is 32.2. The van der Waals surface area contributed by atoms with Crippen molar-refractivity contribution in [1.29, 1.82) is 0 Å². The van der Waals surface area contributed by atoms with Gasteiger partial charge < -0.3 is 9.32 Å². The normalized spacial score (nSPS) is 14.1. The van der Waals surface area contributed by atoms with Gasteiger partial charge in [0.25, 0.3) is 0 Å². The summed E-state index contributed by atoms with van der Waals surface area (Å²) in [6.07, 6.45) is 3.12. The molecule has 0 bridgehead atoms. The summed E-state index contributed by atoms with van der Waals surface area (Å²) in [6, 6.07) is 8.27. The Kier molecular flexibility index (Phi) is 3.76. The van der Waals surface area contributed by atoms with Crippen molar-refractivity contribution in [2.45, 2.75) is 24.2 Å². The fourth-order valence-electron chi connectivity index (χ4n) is 2.61. The van der Waals surface area contributed by atoms with E-state index in [1.807, 2.05) is 6.07 Å². The predicted molar refractivity (Wildman–Crippen MR) is 80.9 cm³/mol. The van der Waals surface area contributed by atoms with Gasteiger partial charge in [0, 0.05) is 25.1 Å². The van der Waals surface area contributed by atoms with Crippen LogP contribution in [-0.2, 0) is 27.7 Å². The minimum absolute atomic E-state index is 0.0250. The third-order valence-electron chi connectivity index (χ3n) is 3.75. The molecule has 0 spiro atoms. The highest BCUT2D eigenvalue weighted by Crippen LogP contribution is 2.30. The van der Waals surface area contributed by atoms with Crippen LogP contribution in [0.2, 0.25) is 0 Å². The molecule has 1 aliphatic rings. The third kappa shape index (κ3) is 2.90. The fraction of sp³-hybridized carbons (Fsp3) is 0.267. The van der Waals surface area contributed by atoms with Gasteiger partial charge >= 0.3 is 0 Å². The number of rotatable bonds is 4. The monoisotopic (exact) mass is 320 g/mol. The number of hydrogen-bond donors (Lipinski definition) is 1. The molecule has 2 N–H and O–H groups in total. The first-order chi connectivity index (χ1) is 10.4. The van der Waals surface area contributed by atoms with Crippen LogP contribution in [0.5, 0.6) is 0 Å². The number of primary sulfonamides is 1. The van der Waals surface area contributed by atoms with E-state index in [-0.39, 0.29) is 10.8 Å². The van der Waals surface area contributed by atoms with Gasteiger partial charge in [-0.1, -0.05) is 6.07 Å². The lowest BCUT2D eigenvalue weighted by Gasteiger charge is -2.17.